The van der Waals surface area contributed by atoms with Gasteiger partial charge in [-0.15, -0.1) is 0 Å². The summed E-state index contributed by atoms with van der Waals surface area (Å²) < 4.78 is 4.52. The Hall–Kier alpha value is -4.46. The van der Waals surface area contributed by atoms with Gasteiger partial charge in [-0.25, -0.2) is 9.59 Å². The van der Waals surface area contributed by atoms with Gasteiger partial charge in [0.15, 0.2) is 5.65 Å². The first-order valence-electron chi connectivity index (χ1n) is 13.9. The molecule has 0 bridgehead atoms. The topological polar surface area (TPSA) is 99.1 Å². The van der Waals surface area contributed by atoms with Gasteiger partial charge in [-0.1, -0.05) is 80.3 Å². The van der Waals surface area contributed by atoms with Gasteiger partial charge in [-0.2, -0.15) is 5.10 Å². The molecule has 3 aromatic carbocycles. The van der Waals surface area contributed by atoms with Crippen LogP contribution in [-0.2, 0) is 20.1 Å². The van der Waals surface area contributed by atoms with Crippen molar-refractivity contribution >= 4 is 27.8 Å². The van der Waals surface area contributed by atoms with E-state index in [-0.39, 0.29) is 11.3 Å². The average Bonchev–Trinajstić information content (AvgIpc) is 3.62. The number of aryl methyl sites for hydroxylation is 1. The highest BCUT2D eigenvalue weighted by Crippen LogP contribution is 2.31. The van der Waals surface area contributed by atoms with E-state index >= 15 is 0 Å². The second kappa shape index (κ2) is 10.6. The monoisotopic (exact) mass is 536 g/mol. The largest absolute Gasteiger partial charge is 0.478 e. The highest BCUT2D eigenvalue weighted by molar-refractivity contribution is 5.94. The van der Waals surface area contributed by atoms with Crippen LogP contribution in [0.1, 0.15) is 54.4 Å². The molecule has 0 spiro atoms. The number of aromatic nitrogens is 4. The molecule has 1 saturated carbocycles. The molecule has 1 fully saturated rings. The molecular weight excluding hydrogens is 504 g/mol. The number of aromatic carboxylic acids is 1. The molecule has 2 heterocycles. The molecule has 0 unspecified atom stereocenters. The van der Waals surface area contributed by atoms with E-state index in [4.69, 9.17) is 5.10 Å². The summed E-state index contributed by atoms with van der Waals surface area (Å²) in [6, 6.07) is 20.7. The van der Waals surface area contributed by atoms with Crippen molar-refractivity contribution in [1.29, 1.82) is 0 Å². The Kier molecular flexibility index (Phi) is 6.84. The number of fused-ring (bicyclic) bond motifs is 2. The molecule has 0 aliphatic heterocycles. The number of nitrogens with zero attached hydrogens (tertiary/aromatic N) is 4. The van der Waals surface area contributed by atoms with Gasteiger partial charge >= 0.3 is 11.7 Å². The molecule has 0 radical (unpaired) electrons. The Labute approximate surface area is 231 Å². The second-order valence-corrected chi connectivity index (χ2v) is 10.8. The van der Waals surface area contributed by atoms with Crippen LogP contribution in [0.4, 0.5) is 0 Å². The molecule has 204 valence electrons. The molecule has 8 heteroatoms. The first-order chi connectivity index (χ1) is 19.4. The molecule has 1 N–H and O–H groups in total. The maximum Gasteiger partial charge on any atom is 0.335 e. The van der Waals surface area contributed by atoms with Crippen LogP contribution in [0.25, 0.3) is 33.1 Å². The highest BCUT2D eigenvalue weighted by atomic mass is 16.4. The van der Waals surface area contributed by atoms with Gasteiger partial charge in [0.2, 0.25) is 0 Å². The molecule has 0 amide bonds. The van der Waals surface area contributed by atoms with Gasteiger partial charge in [0, 0.05) is 19.2 Å². The molecule has 0 atom stereocenters. The number of carboxylic acids is 1. The smallest absolute Gasteiger partial charge is 0.335 e. The van der Waals surface area contributed by atoms with Crippen LogP contribution in [0.5, 0.6) is 0 Å². The molecule has 40 heavy (non-hydrogen) atoms. The second-order valence-electron chi connectivity index (χ2n) is 10.8. The third kappa shape index (κ3) is 4.63. The quantitative estimate of drug-likeness (QED) is 0.285. The fraction of sp³-hybridized carbons (Fsp3) is 0.312. The third-order valence-corrected chi connectivity index (χ3v) is 8.28. The van der Waals surface area contributed by atoms with Crippen molar-refractivity contribution < 1.29 is 9.90 Å². The molecule has 1 aliphatic carbocycles. The summed E-state index contributed by atoms with van der Waals surface area (Å²) in [5.74, 6) is -0.361. The van der Waals surface area contributed by atoms with Crippen molar-refractivity contribution in [3.8, 4) is 11.3 Å². The zero-order chi connectivity index (χ0) is 27.8. The van der Waals surface area contributed by atoms with E-state index in [1.165, 1.54) is 38.8 Å². The Morgan fingerprint density at radius 2 is 1.75 bits per heavy atom. The zero-order valence-electron chi connectivity index (χ0n) is 22.5. The van der Waals surface area contributed by atoms with Crippen molar-refractivity contribution in [2.75, 3.05) is 0 Å². The maximum absolute atomic E-state index is 13.7. The van der Waals surface area contributed by atoms with Crippen molar-refractivity contribution in [1.82, 2.24) is 18.9 Å². The zero-order valence-corrected chi connectivity index (χ0v) is 22.5. The van der Waals surface area contributed by atoms with Crippen LogP contribution < -0.4 is 11.2 Å². The molecule has 1 aliphatic rings. The van der Waals surface area contributed by atoms with E-state index in [9.17, 15) is 19.5 Å². The van der Waals surface area contributed by atoms with Gasteiger partial charge in [-0.3, -0.25) is 18.6 Å². The predicted octanol–water partition coefficient (Wildman–Crippen LogP) is 5.43. The Bertz CT molecular complexity index is 1850. The fourth-order valence-electron chi connectivity index (χ4n) is 6.20. The van der Waals surface area contributed by atoms with E-state index in [1.807, 2.05) is 36.4 Å². The lowest BCUT2D eigenvalue weighted by Crippen LogP contribution is -2.38. The number of carbonyl (C=O) groups is 1. The maximum atomic E-state index is 13.7. The summed E-state index contributed by atoms with van der Waals surface area (Å²) in [6.45, 7) is 0.821. The van der Waals surface area contributed by atoms with Crippen LogP contribution in [0.3, 0.4) is 0 Å². The minimum absolute atomic E-state index is 0.116. The number of hydrogen-bond acceptors (Lipinski definition) is 4. The first-order valence-corrected chi connectivity index (χ1v) is 13.9. The lowest BCUT2D eigenvalue weighted by atomic mass is 10.0. The van der Waals surface area contributed by atoms with E-state index < -0.39 is 11.5 Å². The Morgan fingerprint density at radius 1 is 1.00 bits per heavy atom. The van der Waals surface area contributed by atoms with Crippen LogP contribution in [0, 0.1) is 5.92 Å². The van der Waals surface area contributed by atoms with Crippen LogP contribution in [0.15, 0.2) is 76.3 Å². The van der Waals surface area contributed by atoms with Crippen LogP contribution in [0.2, 0.25) is 0 Å². The van der Waals surface area contributed by atoms with E-state index in [1.54, 1.807) is 27.4 Å². The summed E-state index contributed by atoms with van der Waals surface area (Å²) in [5.41, 5.74) is 1.72. The molecule has 0 saturated heterocycles. The SMILES string of the molecule is Cn1c(=O)c2c(-c3cccc(C(=O)O)c3)n(Cc3cccc4ccccc34)nc2n(CCCC2CCCC2)c1=O. The molecule has 5 aromatic rings. The lowest BCUT2D eigenvalue weighted by molar-refractivity contribution is 0.0697. The number of carboxylic acid groups (broad SMARTS) is 1. The Balaban J connectivity index is 1.55. The van der Waals surface area contributed by atoms with Gasteiger partial charge in [0.05, 0.1) is 17.8 Å². The summed E-state index contributed by atoms with van der Waals surface area (Å²) in [6.07, 6.45) is 6.89. The van der Waals surface area contributed by atoms with Gasteiger partial charge in [0.1, 0.15) is 5.39 Å². The van der Waals surface area contributed by atoms with Crippen molar-refractivity contribution in [2.24, 2.45) is 13.0 Å². The van der Waals surface area contributed by atoms with E-state index in [0.717, 1.165) is 33.7 Å². The van der Waals surface area contributed by atoms with Crippen molar-refractivity contribution in [2.45, 2.75) is 51.6 Å². The summed E-state index contributed by atoms with van der Waals surface area (Å²) in [5, 5.41) is 17.1. The lowest BCUT2D eigenvalue weighted by Gasteiger charge is -2.12. The standard InChI is InChI=1S/C32H32N4O4/c1-34-30(37)27-28(23-14-7-15-24(19-23)31(38)39)36(20-25-16-6-13-22-12-4-5-17-26(22)25)33-29(27)35(32(34)40)18-8-11-21-9-2-3-10-21/h4-7,12-17,19,21H,2-3,8-11,18,20H2,1H3,(H,38,39). The predicted molar refractivity (Wildman–Crippen MR) is 156 cm³/mol. The van der Waals surface area contributed by atoms with Crippen molar-refractivity contribution in [3.05, 3.63) is 98.7 Å². The molecule has 8 nitrogen and oxygen atoms in total. The van der Waals surface area contributed by atoms with Gasteiger partial charge < -0.3 is 5.11 Å². The normalized spacial score (nSPS) is 13.9. The highest BCUT2D eigenvalue weighted by Gasteiger charge is 2.24. The molecule has 6 rings (SSSR count). The summed E-state index contributed by atoms with van der Waals surface area (Å²) >= 11 is 0. The molecule has 2 aromatic heterocycles. The fourth-order valence-corrected chi connectivity index (χ4v) is 6.20. The van der Waals surface area contributed by atoms with E-state index in [2.05, 4.69) is 6.07 Å². The molecular formula is C32H32N4O4. The van der Waals surface area contributed by atoms with E-state index in [0.29, 0.717) is 41.3 Å². The first kappa shape index (κ1) is 25.8. The minimum Gasteiger partial charge on any atom is -0.478 e. The summed E-state index contributed by atoms with van der Waals surface area (Å²) in [4.78, 5) is 38.8. The number of rotatable bonds is 8. The number of benzene rings is 3. The number of hydrogen-bond donors (Lipinski definition) is 1. The summed E-state index contributed by atoms with van der Waals surface area (Å²) in [7, 11) is 1.50. The van der Waals surface area contributed by atoms with Gasteiger partial charge in [-0.05, 0) is 47.2 Å². The van der Waals surface area contributed by atoms with Gasteiger partial charge in [0.25, 0.3) is 5.56 Å². The van der Waals surface area contributed by atoms with Crippen LogP contribution in [-0.4, -0.2) is 30.0 Å². The van der Waals surface area contributed by atoms with Crippen molar-refractivity contribution in [3.63, 3.8) is 0 Å². The average molecular weight is 537 g/mol. The Morgan fingerprint density at radius 3 is 2.55 bits per heavy atom. The minimum atomic E-state index is -1.05. The van der Waals surface area contributed by atoms with Crippen LogP contribution >= 0.6 is 0 Å². The third-order valence-electron chi connectivity index (χ3n) is 8.28.